The molecule has 4 rings (SSSR count). The fraction of sp³-hybridized carbons (Fsp3) is 0.0667. The molecule has 190 valence electrons. The molecule has 0 spiro atoms. The molecule has 38 heavy (non-hydrogen) atoms. The van der Waals surface area contributed by atoms with Crippen LogP contribution < -0.4 is 10.9 Å². The van der Waals surface area contributed by atoms with Crippen LogP contribution in [0.15, 0.2) is 132 Å². The Bertz CT molecular complexity index is 1300. The van der Waals surface area contributed by atoms with E-state index in [4.69, 9.17) is 0 Å². The molecular weight excluding hydrogens is 480 g/mol. The van der Waals surface area contributed by atoms with Gasteiger partial charge in [0, 0.05) is 11.1 Å². The summed E-state index contributed by atoms with van der Waals surface area (Å²) in [7, 11) is 0. The molecular formula is C30H26N4O4. The summed E-state index contributed by atoms with van der Waals surface area (Å²) in [6, 6.07) is 35.3. The molecule has 0 aliphatic rings. The molecule has 2 unspecified atom stereocenters. The molecule has 0 radical (unpaired) electrons. The van der Waals surface area contributed by atoms with Crippen molar-refractivity contribution in [1.82, 2.24) is 10.9 Å². The van der Waals surface area contributed by atoms with E-state index in [0.29, 0.717) is 22.3 Å². The van der Waals surface area contributed by atoms with Gasteiger partial charge in [0.1, 0.15) is 23.6 Å². The van der Waals surface area contributed by atoms with Gasteiger partial charge in [-0.25, -0.2) is 10.9 Å². The molecule has 0 aromatic heterocycles. The van der Waals surface area contributed by atoms with Crippen LogP contribution in [0.5, 0.6) is 0 Å². The molecule has 0 saturated carbocycles. The number of carbonyl (C=O) groups is 2. The fourth-order valence-electron chi connectivity index (χ4n) is 3.69. The number of hydrogen-bond acceptors (Lipinski definition) is 6. The standard InChI is InChI=1S/C30H26N4O4/c35-27(23-17-9-3-10-18-23)25(21-13-5-1-6-14-21)31-33-29(37)30(38)34-32-26(22-15-7-2-8-16-22)28(36)24-19-11-4-12-20-24/h1-20,27-28,35-36H,(H,33,37)(H,34,38)/b31-25+,32-26+. The van der Waals surface area contributed by atoms with Crippen LogP contribution >= 0.6 is 0 Å². The van der Waals surface area contributed by atoms with Crippen LogP contribution in [-0.2, 0) is 9.59 Å². The number of nitrogens with zero attached hydrogens (tertiary/aromatic N) is 2. The van der Waals surface area contributed by atoms with Crippen molar-refractivity contribution >= 4 is 23.2 Å². The largest absolute Gasteiger partial charge is 0.382 e. The Labute approximate surface area is 220 Å². The number of hydrazone groups is 2. The highest BCUT2D eigenvalue weighted by Crippen LogP contribution is 2.20. The van der Waals surface area contributed by atoms with Crippen molar-refractivity contribution in [1.29, 1.82) is 0 Å². The minimum absolute atomic E-state index is 0.158. The molecule has 0 aliphatic heterocycles. The average Bonchev–Trinajstić information content (AvgIpc) is 2.99. The van der Waals surface area contributed by atoms with E-state index >= 15 is 0 Å². The second-order valence-corrected chi connectivity index (χ2v) is 8.23. The van der Waals surface area contributed by atoms with Gasteiger partial charge >= 0.3 is 11.8 Å². The molecule has 8 heteroatoms. The fourth-order valence-corrected chi connectivity index (χ4v) is 3.69. The van der Waals surface area contributed by atoms with Gasteiger partial charge in [0.15, 0.2) is 0 Å². The first-order valence-corrected chi connectivity index (χ1v) is 11.9. The first kappa shape index (κ1) is 26.2. The smallest absolute Gasteiger partial charge is 0.331 e. The molecule has 0 heterocycles. The summed E-state index contributed by atoms with van der Waals surface area (Å²) in [6.07, 6.45) is -2.30. The van der Waals surface area contributed by atoms with Crippen LogP contribution in [-0.4, -0.2) is 33.5 Å². The van der Waals surface area contributed by atoms with Crippen LogP contribution in [0.2, 0.25) is 0 Å². The molecule has 0 bridgehead atoms. The molecule has 4 aromatic carbocycles. The summed E-state index contributed by atoms with van der Waals surface area (Å²) in [5.74, 6) is -2.19. The summed E-state index contributed by atoms with van der Waals surface area (Å²) in [6.45, 7) is 0. The van der Waals surface area contributed by atoms with Gasteiger partial charge in [0.2, 0.25) is 0 Å². The molecule has 8 nitrogen and oxygen atoms in total. The molecule has 0 aliphatic carbocycles. The van der Waals surface area contributed by atoms with Crippen molar-refractivity contribution in [2.75, 3.05) is 0 Å². The number of carbonyl (C=O) groups excluding carboxylic acids is 2. The normalized spacial score (nSPS) is 13.3. The molecule has 2 atom stereocenters. The van der Waals surface area contributed by atoms with Crippen molar-refractivity contribution in [3.8, 4) is 0 Å². The van der Waals surface area contributed by atoms with E-state index in [-0.39, 0.29) is 11.4 Å². The molecule has 0 saturated heterocycles. The van der Waals surface area contributed by atoms with Gasteiger partial charge in [-0.2, -0.15) is 10.2 Å². The third kappa shape index (κ3) is 6.64. The van der Waals surface area contributed by atoms with Gasteiger partial charge in [0.25, 0.3) is 0 Å². The zero-order valence-corrected chi connectivity index (χ0v) is 20.3. The van der Waals surface area contributed by atoms with Gasteiger partial charge in [-0.1, -0.05) is 121 Å². The Morgan fingerprint density at radius 2 is 0.789 bits per heavy atom. The zero-order chi connectivity index (χ0) is 26.7. The second-order valence-electron chi connectivity index (χ2n) is 8.23. The van der Waals surface area contributed by atoms with Crippen LogP contribution in [0.4, 0.5) is 0 Å². The minimum Gasteiger partial charge on any atom is -0.382 e. The van der Waals surface area contributed by atoms with Crippen molar-refractivity contribution in [2.45, 2.75) is 12.2 Å². The monoisotopic (exact) mass is 506 g/mol. The van der Waals surface area contributed by atoms with Crippen molar-refractivity contribution in [3.63, 3.8) is 0 Å². The zero-order valence-electron chi connectivity index (χ0n) is 20.3. The van der Waals surface area contributed by atoms with E-state index in [0.717, 1.165) is 0 Å². The van der Waals surface area contributed by atoms with Crippen LogP contribution in [0.25, 0.3) is 0 Å². The van der Waals surface area contributed by atoms with Crippen molar-refractivity contribution < 1.29 is 19.8 Å². The van der Waals surface area contributed by atoms with Gasteiger partial charge in [0.05, 0.1) is 0 Å². The third-order valence-corrected chi connectivity index (χ3v) is 5.65. The van der Waals surface area contributed by atoms with Gasteiger partial charge in [-0.3, -0.25) is 9.59 Å². The quantitative estimate of drug-likeness (QED) is 0.166. The highest BCUT2D eigenvalue weighted by molar-refractivity contribution is 6.35. The topological polar surface area (TPSA) is 123 Å². The SMILES string of the molecule is O=C(N/N=C(\c1ccccc1)C(O)c1ccccc1)C(=O)N/N=C(\c1ccccc1)C(O)c1ccccc1. The number of rotatable bonds is 8. The van der Waals surface area contributed by atoms with E-state index < -0.39 is 24.0 Å². The number of nitrogens with one attached hydrogen (secondary N) is 2. The Kier molecular flexibility index (Phi) is 8.85. The summed E-state index contributed by atoms with van der Waals surface area (Å²) in [4.78, 5) is 25.2. The van der Waals surface area contributed by atoms with Gasteiger partial charge < -0.3 is 10.2 Å². The van der Waals surface area contributed by atoms with Crippen LogP contribution in [0.1, 0.15) is 34.5 Å². The number of benzene rings is 4. The maximum atomic E-state index is 12.6. The first-order valence-electron chi connectivity index (χ1n) is 11.9. The summed E-state index contributed by atoms with van der Waals surface area (Å²) in [5, 5.41) is 30.0. The maximum Gasteiger partial charge on any atom is 0.331 e. The van der Waals surface area contributed by atoms with E-state index in [9.17, 15) is 19.8 Å². The Hall–Kier alpha value is -4.92. The number of aliphatic hydroxyl groups is 2. The van der Waals surface area contributed by atoms with Gasteiger partial charge in [-0.05, 0) is 11.1 Å². The maximum absolute atomic E-state index is 12.6. The lowest BCUT2D eigenvalue weighted by molar-refractivity contribution is -0.139. The van der Waals surface area contributed by atoms with Crippen LogP contribution in [0.3, 0.4) is 0 Å². The summed E-state index contributed by atoms with van der Waals surface area (Å²) in [5.41, 5.74) is 7.00. The van der Waals surface area contributed by atoms with E-state index in [1.807, 2.05) is 24.3 Å². The molecule has 0 fully saturated rings. The van der Waals surface area contributed by atoms with E-state index in [1.165, 1.54) is 0 Å². The Balaban J connectivity index is 1.54. The molecule has 4 N–H and O–H groups in total. The molecule has 2 amide bonds. The lowest BCUT2D eigenvalue weighted by atomic mass is 9.99. The highest BCUT2D eigenvalue weighted by atomic mass is 16.3. The predicted molar refractivity (Wildman–Crippen MR) is 145 cm³/mol. The van der Waals surface area contributed by atoms with E-state index in [1.54, 1.807) is 97.1 Å². The lowest BCUT2D eigenvalue weighted by Crippen LogP contribution is -2.37. The van der Waals surface area contributed by atoms with Gasteiger partial charge in [-0.15, -0.1) is 0 Å². The lowest BCUT2D eigenvalue weighted by Gasteiger charge is -2.15. The number of aliphatic hydroxyl groups excluding tert-OH is 2. The molecule has 4 aromatic rings. The third-order valence-electron chi connectivity index (χ3n) is 5.65. The minimum atomic E-state index is -1.15. The summed E-state index contributed by atoms with van der Waals surface area (Å²) < 4.78 is 0. The Morgan fingerprint density at radius 1 is 0.500 bits per heavy atom. The second kappa shape index (κ2) is 12.9. The van der Waals surface area contributed by atoms with Crippen LogP contribution in [0, 0.1) is 0 Å². The van der Waals surface area contributed by atoms with E-state index in [2.05, 4.69) is 21.1 Å². The highest BCUT2D eigenvalue weighted by Gasteiger charge is 2.21. The van der Waals surface area contributed by atoms with Crippen molar-refractivity contribution in [3.05, 3.63) is 144 Å². The first-order chi connectivity index (χ1) is 18.5. The Morgan fingerprint density at radius 3 is 1.11 bits per heavy atom. The summed E-state index contributed by atoms with van der Waals surface area (Å²) >= 11 is 0. The number of amides is 2. The predicted octanol–water partition coefficient (Wildman–Crippen LogP) is 3.49. The number of hydrogen-bond donors (Lipinski definition) is 4. The van der Waals surface area contributed by atoms with Crippen molar-refractivity contribution in [2.24, 2.45) is 10.2 Å². The average molecular weight is 507 g/mol.